The molecule has 2 N–H and O–H groups in total. The average molecular weight is 333 g/mol. The van der Waals surface area contributed by atoms with Crippen molar-refractivity contribution < 1.29 is 4.74 Å². The lowest BCUT2D eigenvalue weighted by molar-refractivity contribution is 0.182. The molecule has 0 aromatic carbocycles. The van der Waals surface area contributed by atoms with Gasteiger partial charge in [-0.3, -0.25) is 0 Å². The van der Waals surface area contributed by atoms with Crippen molar-refractivity contribution in [1.29, 1.82) is 0 Å². The first-order chi connectivity index (χ1) is 8.79. The highest BCUT2D eigenvalue weighted by molar-refractivity contribution is 9.11. The van der Waals surface area contributed by atoms with Gasteiger partial charge < -0.3 is 15.4 Å². The first kappa shape index (κ1) is 14.5. The smallest absolute Gasteiger partial charge is 0.0701 e. The Morgan fingerprint density at radius 2 is 2.33 bits per heavy atom. The molecule has 1 saturated heterocycles. The van der Waals surface area contributed by atoms with Crippen LogP contribution >= 0.6 is 27.3 Å². The molecule has 3 nitrogen and oxygen atoms in total. The van der Waals surface area contributed by atoms with E-state index >= 15 is 0 Å². The lowest BCUT2D eigenvalue weighted by atomic mass is 10.0. The molecule has 2 unspecified atom stereocenters. The van der Waals surface area contributed by atoms with Crippen LogP contribution in [-0.4, -0.2) is 32.3 Å². The van der Waals surface area contributed by atoms with Gasteiger partial charge in [0.1, 0.15) is 0 Å². The third-order valence-corrected chi connectivity index (χ3v) is 4.81. The molecule has 0 saturated carbocycles. The highest BCUT2D eigenvalue weighted by Gasteiger charge is 2.26. The first-order valence-electron chi connectivity index (χ1n) is 6.55. The standard InChI is InChI=1S/C13H21BrN2OS/c1-2-5-16-12-9-17-8-10(12)6-15-7-11-3-4-13(14)18-11/h3-4,10,12,15-16H,2,5-9H2,1H3. The van der Waals surface area contributed by atoms with Crippen molar-refractivity contribution in [2.24, 2.45) is 5.92 Å². The zero-order valence-electron chi connectivity index (χ0n) is 10.7. The third kappa shape index (κ3) is 4.31. The van der Waals surface area contributed by atoms with Crippen LogP contribution in [0.1, 0.15) is 18.2 Å². The molecular weight excluding hydrogens is 312 g/mol. The Balaban J connectivity index is 1.69. The van der Waals surface area contributed by atoms with Crippen molar-refractivity contribution >= 4 is 27.3 Å². The van der Waals surface area contributed by atoms with Gasteiger partial charge in [0, 0.05) is 29.9 Å². The van der Waals surface area contributed by atoms with E-state index in [-0.39, 0.29) is 0 Å². The second kappa shape index (κ2) is 7.60. The molecule has 0 bridgehead atoms. The van der Waals surface area contributed by atoms with Crippen LogP contribution in [0, 0.1) is 5.92 Å². The maximum absolute atomic E-state index is 5.57. The van der Waals surface area contributed by atoms with Crippen molar-refractivity contribution in [2.75, 3.05) is 26.3 Å². The number of rotatable bonds is 7. The van der Waals surface area contributed by atoms with Crippen molar-refractivity contribution in [3.8, 4) is 0 Å². The number of hydrogen-bond acceptors (Lipinski definition) is 4. The maximum atomic E-state index is 5.57. The van der Waals surface area contributed by atoms with Gasteiger partial charge in [0.05, 0.1) is 17.0 Å². The summed E-state index contributed by atoms with van der Waals surface area (Å²) in [5, 5.41) is 7.10. The summed E-state index contributed by atoms with van der Waals surface area (Å²) in [6.45, 7) is 7.00. The molecular formula is C13H21BrN2OS. The molecule has 2 heterocycles. The van der Waals surface area contributed by atoms with E-state index in [2.05, 4.69) is 45.6 Å². The molecule has 102 valence electrons. The summed E-state index contributed by atoms with van der Waals surface area (Å²) in [5.74, 6) is 0.597. The van der Waals surface area contributed by atoms with E-state index in [1.54, 1.807) is 11.3 Å². The second-order valence-electron chi connectivity index (χ2n) is 4.69. The van der Waals surface area contributed by atoms with Gasteiger partial charge in [-0.05, 0) is 41.0 Å². The number of halogens is 1. The average Bonchev–Trinajstić information content (AvgIpc) is 2.96. The maximum Gasteiger partial charge on any atom is 0.0701 e. The van der Waals surface area contributed by atoms with Gasteiger partial charge in [0.25, 0.3) is 0 Å². The van der Waals surface area contributed by atoms with Crippen LogP contribution in [0.3, 0.4) is 0 Å². The molecule has 1 aromatic heterocycles. The Bertz CT molecular complexity index is 359. The molecule has 2 rings (SSSR count). The van der Waals surface area contributed by atoms with Gasteiger partial charge in [-0.1, -0.05) is 6.92 Å². The van der Waals surface area contributed by atoms with Gasteiger partial charge in [-0.15, -0.1) is 11.3 Å². The second-order valence-corrected chi connectivity index (χ2v) is 7.24. The van der Waals surface area contributed by atoms with Gasteiger partial charge in [-0.2, -0.15) is 0 Å². The largest absolute Gasteiger partial charge is 0.379 e. The number of nitrogens with one attached hydrogen (secondary N) is 2. The topological polar surface area (TPSA) is 33.3 Å². The number of hydrogen-bond donors (Lipinski definition) is 2. The summed E-state index contributed by atoms with van der Waals surface area (Å²) in [4.78, 5) is 1.37. The van der Waals surface area contributed by atoms with Crippen LogP contribution in [0.4, 0.5) is 0 Å². The summed E-state index contributed by atoms with van der Waals surface area (Å²) in [6.07, 6.45) is 1.18. The molecule has 1 aliphatic heterocycles. The van der Waals surface area contributed by atoms with E-state index in [1.165, 1.54) is 15.1 Å². The van der Waals surface area contributed by atoms with E-state index in [1.807, 2.05) is 0 Å². The highest BCUT2D eigenvalue weighted by atomic mass is 79.9. The zero-order valence-corrected chi connectivity index (χ0v) is 13.1. The molecule has 0 spiro atoms. The van der Waals surface area contributed by atoms with Crippen molar-refractivity contribution in [1.82, 2.24) is 10.6 Å². The molecule has 2 atom stereocenters. The van der Waals surface area contributed by atoms with E-state index < -0.39 is 0 Å². The number of thiophene rings is 1. The monoisotopic (exact) mass is 332 g/mol. The molecule has 1 fully saturated rings. The van der Waals surface area contributed by atoms with Crippen LogP contribution in [0.2, 0.25) is 0 Å². The Morgan fingerprint density at radius 1 is 1.44 bits per heavy atom. The van der Waals surface area contributed by atoms with Crippen LogP contribution < -0.4 is 10.6 Å². The summed E-state index contributed by atoms with van der Waals surface area (Å²) in [7, 11) is 0. The third-order valence-electron chi connectivity index (χ3n) is 3.19. The molecule has 1 aromatic rings. The molecule has 5 heteroatoms. The first-order valence-corrected chi connectivity index (χ1v) is 8.16. The molecule has 0 radical (unpaired) electrons. The number of ether oxygens (including phenoxy) is 1. The lowest BCUT2D eigenvalue weighted by Gasteiger charge is -2.19. The quantitative estimate of drug-likeness (QED) is 0.805. The minimum atomic E-state index is 0.521. The Labute approximate surface area is 121 Å². The minimum Gasteiger partial charge on any atom is -0.379 e. The predicted molar refractivity (Wildman–Crippen MR) is 80.1 cm³/mol. The van der Waals surface area contributed by atoms with Crippen molar-refractivity contribution in [3.05, 3.63) is 20.8 Å². The SMILES string of the molecule is CCCNC1COCC1CNCc1ccc(Br)s1. The normalized spacial score (nSPS) is 23.7. The summed E-state index contributed by atoms with van der Waals surface area (Å²) in [6, 6.07) is 4.79. The van der Waals surface area contributed by atoms with Crippen LogP contribution in [0.25, 0.3) is 0 Å². The van der Waals surface area contributed by atoms with Gasteiger partial charge in [0.15, 0.2) is 0 Å². The fourth-order valence-corrected chi connectivity index (χ4v) is 3.64. The molecule has 0 aliphatic carbocycles. The summed E-state index contributed by atoms with van der Waals surface area (Å²) < 4.78 is 6.77. The van der Waals surface area contributed by atoms with Gasteiger partial charge in [-0.25, -0.2) is 0 Å². The van der Waals surface area contributed by atoms with Crippen LogP contribution in [-0.2, 0) is 11.3 Å². The summed E-state index contributed by atoms with van der Waals surface area (Å²) in [5.41, 5.74) is 0. The Hall–Kier alpha value is 0.0600. The molecule has 18 heavy (non-hydrogen) atoms. The van der Waals surface area contributed by atoms with E-state index in [0.717, 1.165) is 32.8 Å². The van der Waals surface area contributed by atoms with Crippen LogP contribution in [0.5, 0.6) is 0 Å². The highest BCUT2D eigenvalue weighted by Crippen LogP contribution is 2.22. The minimum absolute atomic E-state index is 0.521. The molecule has 0 amide bonds. The van der Waals surface area contributed by atoms with Gasteiger partial charge >= 0.3 is 0 Å². The van der Waals surface area contributed by atoms with E-state index in [0.29, 0.717) is 12.0 Å². The lowest BCUT2D eigenvalue weighted by Crippen LogP contribution is -2.40. The van der Waals surface area contributed by atoms with E-state index in [4.69, 9.17) is 4.74 Å². The Kier molecular flexibility index (Phi) is 6.11. The fraction of sp³-hybridized carbons (Fsp3) is 0.692. The van der Waals surface area contributed by atoms with E-state index in [9.17, 15) is 0 Å². The zero-order chi connectivity index (χ0) is 12.8. The summed E-state index contributed by atoms with van der Waals surface area (Å²) >= 11 is 5.28. The predicted octanol–water partition coefficient (Wildman–Crippen LogP) is 2.61. The van der Waals surface area contributed by atoms with Crippen molar-refractivity contribution in [3.63, 3.8) is 0 Å². The van der Waals surface area contributed by atoms with Crippen LogP contribution in [0.15, 0.2) is 15.9 Å². The van der Waals surface area contributed by atoms with Crippen molar-refractivity contribution in [2.45, 2.75) is 25.9 Å². The Morgan fingerprint density at radius 3 is 3.06 bits per heavy atom. The fourth-order valence-electron chi connectivity index (χ4n) is 2.18. The molecule has 1 aliphatic rings. The van der Waals surface area contributed by atoms with Gasteiger partial charge in [0.2, 0.25) is 0 Å².